The maximum atomic E-state index is 11.6. The van der Waals surface area contributed by atoms with Crippen LogP contribution in [-0.4, -0.2) is 53.7 Å². The van der Waals surface area contributed by atoms with Crippen molar-refractivity contribution in [1.82, 2.24) is 19.5 Å². The number of imidazole rings is 1. The second-order valence-corrected chi connectivity index (χ2v) is 4.21. The summed E-state index contributed by atoms with van der Waals surface area (Å²) in [6.45, 7) is -0.489. The van der Waals surface area contributed by atoms with E-state index in [2.05, 4.69) is 15.0 Å². The summed E-state index contributed by atoms with van der Waals surface area (Å²) in [4.78, 5) is 21.7. The van der Waals surface area contributed by atoms with E-state index in [9.17, 15) is 15.0 Å². The topological polar surface area (TPSA) is 160 Å². The third kappa shape index (κ3) is 1.62. The first kappa shape index (κ1) is 12.4. The van der Waals surface area contributed by atoms with E-state index in [1.54, 1.807) is 0 Å². The van der Waals surface area contributed by atoms with Crippen molar-refractivity contribution in [2.45, 2.75) is 12.2 Å². The smallest absolute Gasteiger partial charge is 0.280 e. The van der Waals surface area contributed by atoms with Gasteiger partial charge in [-0.25, -0.2) is 9.55 Å². The van der Waals surface area contributed by atoms with E-state index in [1.165, 1.54) is 10.9 Å². The summed E-state index contributed by atoms with van der Waals surface area (Å²) in [5.74, 6) is -0.762. The zero-order valence-corrected chi connectivity index (χ0v) is 10.0. The maximum Gasteiger partial charge on any atom is 0.280 e. The van der Waals surface area contributed by atoms with E-state index in [0.29, 0.717) is 0 Å². The number of nitrogens with two attached hydrogens (primary N) is 1. The molecule has 1 aliphatic heterocycles. The van der Waals surface area contributed by atoms with Crippen molar-refractivity contribution >= 4 is 23.0 Å². The molecule has 0 amide bonds. The van der Waals surface area contributed by atoms with Crippen molar-refractivity contribution < 1.29 is 20.1 Å². The number of fused-ring (bicyclic) bond motifs is 1. The van der Waals surface area contributed by atoms with Gasteiger partial charge in [0.1, 0.15) is 6.33 Å². The molecule has 10 heteroatoms. The monoisotopic (exact) mass is 281 g/mol. The normalized spacial score (nSPS) is 22.5. The SMILES string of the molecule is Nc1nc2c(ncn2C2=C(O)C(O)C(CO)O2)c(=O)[nH]1. The van der Waals surface area contributed by atoms with Gasteiger partial charge >= 0.3 is 0 Å². The molecule has 106 valence electrons. The first-order valence-electron chi connectivity index (χ1n) is 5.65. The first-order chi connectivity index (χ1) is 9.52. The first-order valence-corrected chi connectivity index (χ1v) is 5.65. The highest BCUT2D eigenvalue weighted by molar-refractivity contribution is 5.74. The molecule has 20 heavy (non-hydrogen) atoms. The summed E-state index contributed by atoms with van der Waals surface area (Å²) in [6.07, 6.45) is -1.17. The van der Waals surface area contributed by atoms with Crippen LogP contribution in [0.15, 0.2) is 16.9 Å². The van der Waals surface area contributed by atoms with Crippen LogP contribution in [0, 0.1) is 0 Å². The number of nitrogens with zero attached hydrogens (tertiary/aromatic N) is 3. The van der Waals surface area contributed by atoms with Crippen LogP contribution in [-0.2, 0) is 4.74 Å². The number of rotatable bonds is 2. The molecule has 1 aliphatic rings. The van der Waals surface area contributed by atoms with Crippen LogP contribution in [0.25, 0.3) is 17.0 Å². The van der Waals surface area contributed by atoms with E-state index in [4.69, 9.17) is 15.6 Å². The predicted octanol–water partition coefficient (Wildman–Crippen LogP) is -1.86. The minimum atomic E-state index is -1.37. The van der Waals surface area contributed by atoms with Crippen molar-refractivity contribution in [2.24, 2.45) is 0 Å². The molecule has 0 bridgehead atoms. The molecule has 10 nitrogen and oxygen atoms in total. The zero-order chi connectivity index (χ0) is 14.4. The Hall–Kier alpha value is -2.59. The number of hydrogen-bond acceptors (Lipinski definition) is 8. The lowest BCUT2D eigenvalue weighted by molar-refractivity contribution is 0.0140. The minimum absolute atomic E-state index is 0.00467. The summed E-state index contributed by atoms with van der Waals surface area (Å²) in [5.41, 5.74) is 4.98. The van der Waals surface area contributed by atoms with Crippen molar-refractivity contribution in [3.05, 3.63) is 22.4 Å². The number of aliphatic hydroxyl groups is 3. The highest BCUT2D eigenvalue weighted by Gasteiger charge is 2.37. The van der Waals surface area contributed by atoms with Crippen LogP contribution in [0.4, 0.5) is 5.95 Å². The summed E-state index contributed by atoms with van der Waals surface area (Å²) in [7, 11) is 0. The summed E-state index contributed by atoms with van der Waals surface area (Å²) < 4.78 is 6.40. The standard InChI is InChI=1S/C10H11N5O5/c11-10-13-7-4(8(19)14-10)12-2-15(7)9-6(18)5(17)3(1-16)20-9/h2-3,5,16-18H,1H2,(H3,11,13,14,19). The average Bonchev–Trinajstić information content (AvgIpc) is 2.93. The van der Waals surface area contributed by atoms with Gasteiger partial charge in [0.05, 0.1) is 6.61 Å². The highest BCUT2D eigenvalue weighted by Crippen LogP contribution is 2.28. The molecule has 6 N–H and O–H groups in total. The molecular weight excluding hydrogens is 270 g/mol. The highest BCUT2D eigenvalue weighted by atomic mass is 16.5. The maximum absolute atomic E-state index is 11.6. The third-order valence-corrected chi connectivity index (χ3v) is 2.94. The zero-order valence-electron chi connectivity index (χ0n) is 10.0. The Morgan fingerprint density at radius 3 is 2.95 bits per heavy atom. The summed E-state index contributed by atoms with van der Waals surface area (Å²) in [5, 5.41) is 28.5. The molecule has 2 aromatic rings. The molecule has 2 atom stereocenters. The van der Waals surface area contributed by atoms with Crippen molar-refractivity contribution in [3.63, 3.8) is 0 Å². The number of H-pyrrole nitrogens is 1. The molecule has 2 unspecified atom stereocenters. The second kappa shape index (κ2) is 4.21. The molecule has 3 heterocycles. The van der Waals surface area contributed by atoms with Gasteiger partial charge in [-0.05, 0) is 0 Å². The Morgan fingerprint density at radius 1 is 1.55 bits per heavy atom. The molecule has 0 fully saturated rings. The fraction of sp³-hybridized carbons (Fsp3) is 0.300. The third-order valence-electron chi connectivity index (χ3n) is 2.94. The second-order valence-electron chi connectivity index (χ2n) is 4.21. The van der Waals surface area contributed by atoms with Crippen molar-refractivity contribution in [2.75, 3.05) is 12.3 Å². The van der Waals surface area contributed by atoms with Crippen LogP contribution in [0.2, 0.25) is 0 Å². The lowest BCUT2D eigenvalue weighted by Crippen LogP contribution is -2.27. The van der Waals surface area contributed by atoms with Gasteiger partial charge in [0.25, 0.3) is 5.56 Å². The Morgan fingerprint density at radius 2 is 2.30 bits per heavy atom. The Bertz CT molecular complexity index is 763. The predicted molar refractivity (Wildman–Crippen MR) is 66.4 cm³/mol. The van der Waals surface area contributed by atoms with Gasteiger partial charge < -0.3 is 25.8 Å². The average molecular weight is 281 g/mol. The Labute approximate surface area is 110 Å². The number of aromatic nitrogens is 4. The molecule has 0 spiro atoms. The molecule has 3 rings (SSSR count). The van der Waals surface area contributed by atoms with Gasteiger partial charge in [-0.1, -0.05) is 0 Å². The minimum Gasteiger partial charge on any atom is -0.505 e. The van der Waals surface area contributed by atoms with Crippen LogP contribution < -0.4 is 11.3 Å². The van der Waals surface area contributed by atoms with E-state index in [0.717, 1.165) is 0 Å². The summed E-state index contributed by atoms with van der Waals surface area (Å²) in [6, 6.07) is 0. The number of nitrogens with one attached hydrogen (secondary N) is 1. The van der Waals surface area contributed by atoms with E-state index in [1.807, 2.05) is 0 Å². The Balaban J connectivity index is 2.19. The fourth-order valence-corrected chi connectivity index (χ4v) is 1.96. The van der Waals surface area contributed by atoms with Gasteiger partial charge in [-0.3, -0.25) is 9.78 Å². The Kier molecular flexibility index (Phi) is 2.62. The number of nitrogen functional groups attached to an aromatic ring is 1. The number of aliphatic hydroxyl groups excluding tert-OH is 3. The van der Waals surface area contributed by atoms with Crippen LogP contribution in [0.5, 0.6) is 0 Å². The van der Waals surface area contributed by atoms with Gasteiger partial charge in [0.15, 0.2) is 29.1 Å². The molecule has 2 aromatic heterocycles. The fourth-order valence-electron chi connectivity index (χ4n) is 1.96. The van der Waals surface area contributed by atoms with Gasteiger partial charge in [0.2, 0.25) is 11.8 Å². The van der Waals surface area contributed by atoms with Crippen molar-refractivity contribution in [3.8, 4) is 0 Å². The summed E-state index contributed by atoms with van der Waals surface area (Å²) >= 11 is 0. The van der Waals surface area contributed by atoms with Crippen LogP contribution in [0.1, 0.15) is 0 Å². The molecule has 0 aliphatic carbocycles. The molecular formula is C10H11N5O5. The van der Waals surface area contributed by atoms with E-state index < -0.39 is 30.1 Å². The molecule has 0 aromatic carbocycles. The van der Waals surface area contributed by atoms with Gasteiger partial charge in [-0.2, -0.15) is 4.98 Å². The van der Waals surface area contributed by atoms with Crippen molar-refractivity contribution in [1.29, 1.82) is 0 Å². The lowest BCUT2D eigenvalue weighted by atomic mass is 10.2. The van der Waals surface area contributed by atoms with E-state index >= 15 is 0 Å². The number of hydrogen-bond donors (Lipinski definition) is 5. The quantitative estimate of drug-likeness (QED) is 0.428. The molecule has 0 saturated carbocycles. The van der Waals surface area contributed by atoms with Crippen LogP contribution in [0.3, 0.4) is 0 Å². The number of aromatic amines is 1. The van der Waals surface area contributed by atoms with E-state index in [-0.39, 0.29) is 23.0 Å². The van der Waals surface area contributed by atoms with Gasteiger partial charge in [-0.15, -0.1) is 0 Å². The molecule has 0 radical (unpaired) electrons. The number of ether oxygens (including phenoxy) is 1. The van der Waals surface area contributed by atoms with Gasteiger partial charge in [0, 0.05) is 0 Å². The lowest BCUT2D eigenvalue weighted by Gasteiger charge is -2.11. The number of anilines is 1. The largest absolute Gasteiger partial charge is 0.505 e. The molecule has 0 saturated heterocycles. The van der Waals surface area contributed by atoms with Crippen LogP contribution >= 0.6 is 0 Å².